The van der Waals surface area contributed by atoms with Gasteiger partial charge in [0.05, 0.1) is 6.54 Å². The molecule has 0 amide bonds. The van der Waals surface area contributed by atoms with Gasteiger partial charge in [-0.25, -0.2) is 19.0 Å². The average Bonchev–Trinajstić information content (AvgIpc) is 3.28. The summed E-state index contributed by atoms with van der Waals surface area (Å²) in [4.78, 5) is 40.3. The molecule has 11 nitrogen and oxygen atoms in total. The van der Waals surface area contributed by atoms with E-state index in [1.807, 2.05) is 0 Å². The van der Waals surface area contributed by atoms with Crippen LogP contribution in [0.3, 0.4) is 0 Å². The van der Waals surface area contributed by atoms with Crippen molar-refractivity contribution in [1.29, 1.82) is 0 Å². The fraction of sp³-hybridized carbons (Fsp3) is 0.136. The fourth-order valence-electron chi connectivity index (χ4n) is 3.13. The molecule has 0 atom stereocenters. The number of hydrogen-bond donors (Lipinski definition) is 3. The highest BCUT2D eigenvalue weighted by molar-refractivity contribution is 6.30. The van der Waals surface area contributed by atoms with Gasteiger partial charge in [-0.15, -0.1) is 5.10 Å². The van der Waals surface area contributed by atoms with Crippen LogP contribution in [0.25, 0.3) is 0 Å². The van der Waals surface area contributed by atoms with Crippen LogP contribution in [0, 0.1) is 0 Å². The number of carboxylic acids is 1. The molecule has 4 rings (SSSR count). The van der Waals surface area contributed by atoms with Gasteiger partial charge >= 0.3 is 17.3 Å². The molecule has 0 saturated heterocycles. The lowest BCUT2D eigenvalue weighted by Crippen LogP contribution is -2.42. The van der Waals surface area contributed by atoms with E-state index < -0.39 is 17.3 Å². The Labute approximate surface area is 197 Å². The molecule has 12 heteroatoms. The summed E-state index contributed by atoms with van der Waals surface area (Å²) in [6.45, 7) is 2.06. The van der Waals surface area contributed by atoms with Gasteiger partial charge in [-0.2, -0.15) is 4.98 Å². The van der Waals surface area contributed by atoms with Gasteiger partial charge in [0, 0.05) is 23.3 Å². The molecule has 3 N–H and O–H groups in total. The first-order chi connectivity index (χ1) is 16.3. The molecule has 0 unspecified atom stereocenters. The van der Waals surface area contributed by atoms with E-state index in [0.717, 1.165) is 10.1 Å². The van der Waals surface area contributed by atoms with Crippen molar-refractivity contribution < 1.29 is 14.6 Å². The van der Waals surface area contributed by atoms with Crippen molar-refractivity contribution in [2.75, 3.05) is 5.32 Å². The predicted molar refractivity (Wildman–Crippen MR) is 124 cm³/mol. The molecule has 2 heterocycles. The third kappa shape index (κ3) is 4.99. The van der Waals surface area contributed by atoms with Crippen LogP contribution >= 0.6 is 11.6 Å². The zero-order chi connectivity index (χ0) is 24.2. The summed E-state index contributed by atoms with van der Waals surface area (Å²) in [5.74, 6) is -0.563. The maximum Gasteiger partial charge on any atom is 0.354 e. The van der Waals surface area contributed by atoms with E-state index in [-0.39, 0.29) is 30.6 Å². The Bertz CT molecular complexity index is 1440. The summed E-state index contributed by atoms with van der Waals surface area (Å²) >= 11 is 5.95. The molecule has 0 aliphatic rings. The molecule has 0 radical (unpaired) electrons. The van der Waals surface area contributed by atoms with Crippen molar-refractivity contribution in [3.8, 4) is 11.6 Å². The molecule has 0 spiro atoms. The van der Waals surface area contributed by atoms with Crippen molar-refractivity contribution in [3.63, 3.8) is 0 Å². The molecule has 0 aliphatic carbocycles. The molecule has 0 fully saturated rings. The standard InChI is InChI=1S/C22H19ClN6O5/c1-2-28-21(32)25-20(29(22(28)33)12-13-3-5-14(23)6-4-13)24-15-7-9-16(10-8-15)34-18-11-17(19(30)31)26-27-18/h3-11H,2,12H2,1H3,(H,26,27)(H,30,31)(H,24,25,32). The largest absolute Gasteiger partial charge is 0.477 e. The summed E-state index contributed by atoms with van der Waals surface area (Å²) in [5.41, 5.74) is 0.106. The smallest absolute Gasteiger partial charge is 0.354 e. The van der Waals surface area contributed by atoms with Crippen molar-refractivity contribution in [3.05, 3.63) is 91.8 Å². The third-order valence-electron chi connectivity index (χ3n) is 4.84. The van der Waals surface area contributed by atoms with Crippen LogP contribution in [-0.4, -0.2) is 35.4 Å². The summed E-state index contributed by atoms with van der Waals surface area (Å²) < 4.78 is 7.95. The number of rotatable bonds is 8. The van der Waals surface area contributed by atoms with Crippen molar-refractivity contribution in [2.45, 2.75) is 20.0 Å². The third-order valence-corrected chi connectivity index (χ3v) is 5.09. The number of aromatic carboxylic acids is 1. The van der Waals surface area contributed by atoms with E-state index in [2.05, 4.69) is 20.5 Å². The number of hydrogen-bond acceptors (Lipinski definition) is 7. The molecular weight excluding hydrogens is 464 g/mol. The zero-order valence-corrected chi connectivity index (χ0v) is 18.6. The van der Waals surface area contributed by atoms with Gasteiger partial charge in [-0.1, -0.05) is 23.7 Å². The minimum absolute atomic E-state index is 0.0849. The Morgan fingerprint density at radius 3 is 2.44 bits per heavy atom. The van der Waals surface area contributed by atoms with Gasteiger partial charge < -0.3 is 15.2 Å². The molecule has 0 aliphatic heterocycles. The number of halogens is 1. The second kappa shape index (κ2) is 9.63. The van der Waals surface area contributed by atoms with E-state index in [0.29, 0.717) is 16.5 Å². The molecular formula is C22H19ClN6O5. The number of carboxylic acid groups (broad SMARTS) is 1. The van der Waals surface area contributed by atoms with Crippen LogP contribution in [0.4, 0.5) is 11.6 Å². The molecule has 2 aromatic carbocycles. The average molecular weight is 483 g/mol. The molecule has 4 aromatic rings. The number of nitrogens with one attached hydrogen (secondary N) is 2. The lowest BCUT2D eigenvalue weighted by atomic mass is 10.2. The van der Waals surface area contributed by atoms with Gasteiger partial charge in [0.15, 0.2) is 0 Å². The van der Waals surface area contributed by atoms with Crippen molar-refractivity contribution >= 4 is 29.2 Å². The molecule has 174 valence electrons. The number of benzene rings is 2. The highest BCUT2D eigenvalue weighted by Crippen LogP contribution is 2.23. The van der Waals surface area contributed by atoms with Gasteiger partial charge in [-0.3, -0.25) is 9.67 Å². The monoisotopic (exact) mass is 482 g/mol. The van der Waals surface area contributed by atoms with Crippen molar-refractivity contribution in [2.24, 2.45) is 0 Å². The number of H-pyrrole nitrogens is 1. The predicted octanol–water partition coefficient (Wildman–Crippen LogP) is 3.08. The SMILES string of the molecule is CCn1c(=O)nc(Nc2ccc(Oc3cc(C(=O)O)[nH]n3)cc2)n(Cc2ccc(Cl)cc2)c1=O. The summed E-state index contributed by atoms with van der Waals surface area (Å²) in [5, 5.41) is 18.7. The second-order valence-electron chi connectivity index (χ2n) is 7.13. The second-order valence-corrected chi connectivity index (χ2v) is 7.57. The lowest BCUT2D eigenvalue weighted by Gasteiger charge is -2.15. The highest BCUT2D eigenvalue weighted by atomic mass is 35.5. The van der Waals surface area contributed by atoms with Crippen molar-refractivity contribution in [1.82, 2.24) is 24.3 Å². The number of nitrogens with zero attached hydrogens (tertiary/aromatic N) is 4. The van der Waals surface area contributed by atoms with E-state index in [1.54, 1.807) is 55.5 Å². The molecule has 0 bridgehead atoms. The molecule has 2 aromatic heterocycles. The molecule has 0 saturated carbocycles. The quantitative estimate of drug-likeness (QED) is 0.347. The maximum atomic E-state index is 13.0. The highest BCUT2D eigenvalue weighted by Gasteiger charge is 2.14. The number of carbonyl (C=O) groups is 1. The summed E-state index contributed by atoms with van der Waals surface area (Å²) in [6, 6.07) is 14.8. The van der Waals surface area contributed by atoms with Gasteiger partial charge in [0.2, 0.25) is 11.8 Å². The first kappa shape index (κ1) is 22.8. The van der Waals surface area contributed by atoms with Gasteiger partial charge in [0.1, 0.15) is 11.4 Å². The van der Waals surface area contributed by atoms with Crippen LogP contribution in [0.15, 0.2) is 64.2 Å². The minimum atomic E-state index is -1.15. The number of aromatic amines is 1. The van der Waals surface area contributed by atoms with Crippen LogP contribution in [0.2, 0.25) is 5.02 Å². The van der Waals surface area contributed by atoms with E-state index in [1.165, 1.54) is 10.6 Å². The Hall–Kier alpha value is -4.38. The molecule has 34 heavy (non-hydrogen) atoms. The number of ether oxygens (including phenoxy) is 1. The fourth-order valence-corrected chi connectivity index (χ4v) is 3.26. The van der Waals surface area contributed by atoms with Gasteiger partial charge in [-0.05, 0) is 48.9 Å². The normalized spacial score (nSPS) is 10.8. The lowest BCUT2D eigenvalue weighted by molar-refractivity contribution is 0.0690. The maximum absolute atomic E-state index is 13.0. The topological polar surface area (TPSA) is 144 Å². The number of anilines is 2. The Kier molecular flexibility index (Phi) is 6.46. The zero-order valence-electron chi connectivity index (χ0n) is 17.9. The van der Waals surface area contributed by atoms with E-state index in [4.69, 9.17) is 21.4 Å². The number of aromatic nitrogens is 5. The Balaban J connectivity index is 1.59. The van der Waals surface area contributed by atoms with Crippen LogP contribution in [-0.2, 0) is 13.1 Å². The first-order valence-corrected chi connectivity index (χ1v) is 10.5. The Morgan fingerprint density at radius 2 is 1.82 bits per heavy atom. The van der Waals surface area contributed by atoms with E-state index >= 15 is 0 Å². The first-order valence-electron chi connectivity index (χ1n) is 10.1. The van der Waals surface area contributed by atoms with Crippen LogP contribution < -0.4 is 21.4 Å². The van der Waals surface area contributed by atoms with Gasteiger partial charge in [0.25, 0.3) is 0 Å². The van der Waals surface area contributed by atoms with Crippen LogP contribution in [0.1, 0.15) is 23.0 Å². The Morgan fingerprint density at radius 1 is 1.12 bits per heavy atom. The minimum Gasteiger partial charge on any atom is -0.477 e. The summed E-state index contributed by atoms with van der Waals surface area (Å²) in [7, 11) is 0. The summed E-state index contributed by atoms with van der Waals surface area (Å²) in [6.07, 6.45) is 0. The van der Waals surface area contributed by atoms with E-state index in [9.17, 15) is 14.4 Å². The van der Waals surface area contributed by atoms with Crippen LogP contribution in [0.5, 0.6) is 11.6 Å².